The Kier molecular flexibility index (Phi) is 2.19. The number of aromatic nitrogens is 4. The second-order valence-electron chi connectivity index (χ2n) is 4.64. The average molecular weight is 287 g/mol. The van der Waals surface area contributed by atoms with Crippen LogP contribution < -0.4 is 11.2 Å². The van der Waals surface area contributed by atoms with Crippen molar-refractivity contribution in [2.24, 2.45) is 14.0 Å². The van der Waals surface area contributed by atoms with E-state index in [0.29, 0.717) is 28.4 Å². The average Bonchev–Trinajstić information content (AvgIpc) is 2.81. The van der Waals surface area contributed by atoms with E-state index in [0.717, 1.165) is 0 Å². The predicted octanol–water partition coefficient (Wildman–Crippen LogP) is -0.0152. The van der Waals surface area contributed by atoms with Gasteiger partial charge in [-0.15, -0.1) is 0 Å². The first kappa shape index (κ1) is 7.78. The van der Waals surface area contributed by atoms with Crippen molar-refractivity contribution >= 4 is 11.2 Å². The summed E-state index contributed by atoms with van der Waals surface area (Å²) in [6, 6.07) is 0. The Morgan fingerprint density at radius 2 is 2.25 bits per heavy atom. The third kappa shape index (κ3) is 2.53. The van der Waals surface area contributed by atoms with Crippen molar-refractivity contribution in [3.05, 3.63) is 27.1 Å². The number of fused-ring (bicyclic) bond motifs is 1. The molecule has 0 aromatic carbocycles. The molecule has 2 aromatic rings. The fourth-order valence-corrected chi connectivity index (χ4v) is 1.98. The lowest BCUT2D eigenvalue weighted by molar-refractivity contribution is 0.180. The largest absolute Gasteiger partial charge is 0.393 e. The Hall–Kier alpha value is -1.89. The van der Waals surface area contributed by atoms with E-state index < -0.39 is 48.8 Å². The Labute approximate surface area is 125 Å². The highest BCUT2D eigenvalue weighted by atomic mass is 16.3. The smallest absolute Gasteiger partial charge is 0.332 e. The molecule has 0 spiro atoms. The molecule has 0 radical (unpaired) electrons. The number of aliphatic hydroxyl groups is 1. The van der Waals surface area contributed by atoms with Crippen molar-refractivity contribution in [3.8, 4) is 0 Å². The minimum absolute atomic E-state index is 0.157. The van der Waals surface area contributed by atoms with E-state index in [2.05, 4.69) is 4.98 Å². The number of rotatable bonds is 5. The standard InChI is InChI=1S/C13H20N4O3/c1-9(18)6-4-5-7-17-12(19)10-11(14-8-15(10)2)16(3)13(17)20/h8-9,18H,4-7H2,1-3H3/i2D3,3D3,8D. The zero-order valence-corrected chi connectivity index (χ0v) is 11.0. The molecule has 7 heteroatoms. The van der Waals surface area contributed by atoms with Crippen LogP contribution in [0.3, 0.4) is 0 Å². The summed E-state index contributed by atoms with van der Waals surface area (Å²) in [6.07, 6.45) is -0.216. The van der Waals surface area contributed by atoms with Gasteiger partial charge in [-0.2, -0.15) is 0 Å². The maximum atomic E-state index is 12.8. The van der Waals surface area contributed by atoms with Crippen molar-refractivity contribution in [2.75, 3.05) is 0 Å². The molecule has 0 aliphatic carbocycles. The Morgan fingerprint density at radius 1 is 1.45 bits per heavy atom. The van der Waals surface area contributed by atoms with Gasteiger partial charge in [-0.1, -0.05) is 0 Å². The molecular weight excluding hydrogens is 260 g/mol. The van der Waals surface area contributed by atoms with Crippen LogP contribution in [0.2, 0.25) is 0 Å². The summed E-state index contributed by atoms with van der Waals surface area (Å²) in [7, 11) is 0. The van der Waals surface area contributed by atoms with Crippen LogP contribution in [-0.4, -0.2) is 29.9 Å². The molecule has 2 aromatic heterocycles. The topological polar surface area (TPSA) is 82.1 Å². The van der Waals surface area contributed by atoms with Gasteiger partial charge in [0, 0.05) is 28.7 Å². The Balaban J connectivity index is 2.77. The molecule has 0 aliphatic rings. The van der Waals surface area contributed by atoms with E-state index >= 15 is 0 Å². The fourth-order valence-electron chi connectivity index (χ4n) is 1.98. The van der Waals surface area contributed by atoms with E-state index in [-0.39, 0.29) is 11.1 Å². The number of nitrogens with zero attached hydrogens (tertiary/aromatic N) is 4. The summed E-state index contributed by atoms with van der Waals surface area (Å²) < 4.78 is 54.2. The van der Waals surface area contributed by atoms with Gasteiger partial charge in [0.25, 0.3) is 5.56 Å². The first-order chi connectivity index (χ1) is 12.3. The Morgan fingerprint density at radius 3 is 2.90 bits per heavy atom. The van der Waals surface area contributed by atoms with Gasteiger partial charge >= 0.3 is 5.69 Å². The molecule has 20 heavy (non-hydrogen) atoms. The molecular formula is C13H20N4O3. The summed E-state index contributed by atoms with van der Waals surface area (Å²) in [5, 5.41) is 9.28. The third-order valence-corrected chi connectivity index (χ3v) is 3.03. The van der Waals surface area contributed by atoms with Gasteiger partial charge in [0.1, 0.15) is 1.37 Å². The summed E-state index contributed by atoms with van der Waals surface area (Å²) in [5.41, 5.74) is -3.47. The van der Waals surface area contributed by atoms with Gasteiger partial charge in [0.2, 0.25) is 0 Å². The van der Waals surface area contributed by atoms with Gasteiger partial charge in [0.05, 0.1) is 12.4 Å². The number of hydrogen-bond donors (Lipinski definition) is 1. The number of imidazole rings is 1. The third-order valence-electron chi connectivity index (χ3n) is 3.03. The highest BCUT2D eigenvalue weighted by molar-refractivity contribution is 5.69. The molecule has 0 aliphatic heterocycles. The maximum absolute atomic E-state index is 12.8. The molecule has 0 amide bonds. The van der Waals surface area contributed by atoms with Crippen LogP contribution in [-0.2, 0) is 20.5 Å². The van der Waals surface area contributed by atoms with Gasteiger partial charge < -0.3 is 9.67 Å². The van der Waals surface area contributed by atoms with E-state index in [1.54, 1.807) is 6.92 Å². The lowest BCUT2D eigenvalue weighted by Gasteiger charge is -2.09. The van der Waals surface area contributed by atoms with Crippen LogP contribution in [0.4, 0.5) is 0 Å². The Bertz CT molecular complexity index is 952. The van der Waals surface area contributed by atoms with E-state index in [1.165, 1.54) is 0 Å². The van der Waals surface area contributed by atoms with Gasteiger partial charge in [-0.25, -0.2) is 9.78 Å². The van der Waals surface area contributed by atoms with Crippen LogP contribution in [0.5, 0.6) is 0 Å². The van der Waals surface area contributed by atoms with E-state index in [9.17, 15) is 14.7 Å². The minimum Gasteiger partial charge on any atom is -0.393 e. The zero-order valence-electron chi connectivity index (χ0n) is 18.0. The predicted molar refractivity (Wildman–Crippen MR) is 75.7 cm³/mol. The molecule has 0 fully saturated rings. The number of aryl methyl sites for hydroxylation is 2. The summed E-state index contributed by atoms with van der Waals surface area (Å²) in [5.74, 6) is 0. The normalized spacial score (nSPS) is 19.4. The first-order valence-corrected chi connectivity index (χ1v) is 6.20. The number of hydrogen-bond acceptors (Lipinski definition) is 4. The van der Waals surface area contributed by atoms with Crippen molar-refractivity contribution in [2.45, 2.75) is 38.8 Å². The summed E-state index contributed by atoms with van der Waals surface area (Å²) >= 11 is 0. The van der Waals surface area contributed by atoms with E-state index in [4.69, 9.17) is 9.60 Å². The molecule has 1 N–H and O–H groups in total. The molecule has 1 atom stereocenters. The van der Waals surface area contributed by atoms with Crippen molar-refractivity contribution in [1.29, 1.82) is 0 Å². The molecule has 0 saturated heterocycles. The van der Waals surface area contributed by atoms with Gasteiger partial charge in [0.15, 0.2) is 11.2 Å². The highest BCUT2D eigenvalue weighted by Crippen LogP contribution is 2.04. The first-order valence-electron chi connectivity index (χ1n) is 9.70. The van der Waals surface area contributed by atoms with Crippen molar-refractivity contribution in [1.82, 2.24) is 18.7 Å². The molecule has 110 valence electrons. The van der Waals surface area contributed by atoms with Crippen molar-refractivity contribution in [3.63, 3.8) is 0 Å². The molecule has 0 saturated carbocycles. The minimum atomic E-state index is -3.02. The van der Waals surface area contributed by atoms with Crippen LogP contribution >= 0.6 is 0 Å². The molecule has 2 rings (SSSR count). The van der Waals surface area contributed by atoms with Gasteiger partial charge in [-0.3, -0.25) is 13.9 Å². The number of aliphatic hydroxyl groups excluding tert-OH is 1. The molecule has 1 unspecified atom stereocenters. The fraction of sp³-hybridized carbons (Fsp3) is 0.615. The maximum Gasteiger partial charge on any atom is 0.332 e. The molecule has 7 nitrogen and oxygen atoms in total. The SMILES string of the molecule is [2H]c1nc2c(c(=O)n(CCCCC(C)O)c(=O)n2C([2H])([2H])[2H])n1C([2H])([2H])[2H]. The second-order valence-corrected chi connectivity index (χ2v) is 4.64. The quantitative estimate of drug-likeness (QED) is 0.784. The lowest BCUT2D eigenvalue weighted by Crippen LogP contribution is -2.39. The zero-order chi connectivity index (χ0) is 20.7. The highest BCUT2D eigenvalue weighted by Gasteiger charge is 2.14. The van der Waals surface area contributed by atoms with Crippen LogP contribution in [0.1, 0.15) is 35.8 Å². The summed E-state index contributed by atoms with van der Waals surface area (Å²) in [6.45, 7) is -4.54. The second kappa shape index (κ2) is 5.62. The van der Waals surface area contributed by atoms with Crippen LogP contribution in [0, 0.1) is 0 Å². The summed E-state index contributed by atoms with van der Waals surface area (Å²) in [4.78, 5) is 28.9. The molecule has 2 heterocycles. The molecule has 0 bridgehead atoms. The van der Waals surface area contributed by atoms with Crippen molar-refractivity contribution < 1.29 is 14.7 Å². The lowest BCUT2D eigenvalue weighted by atomic mass is 10.2. The van der Waals surface area contributed by atoms with Crippen LogP contribution in [0.25, 0.3) is 11.2 Å². The van der Waals surface area contributed by atoms with Crippen LogP contribution in [0.15, 0.2) is 15.9 Å². The monoisotopic (exact) mass is 287 g/mol. The number of unbranched alkanes of at least 4 members (excludes halogenated alkanes) is 1. The van der Waals surface area contributed by atoms with Gasteiger partial charge in [-0.05, 0) is 26.2 Å². The van der Waals surface area contributed by atoms with E-state index in [1.807, 2.05) is 0 Å².